The maximum absolute atomic E-state index is 14.1. The number of rotatable bonds is 3. The lowest BCUT2D eigenvalue weighted by atomic mass is 10.3. The number of hydrogen-bond acceptors (Lipinski definition) is 5. The number of aromatic nitrogens is 4. The van der Waals surface area contributed by atoms with Gasteiger partial charge in [-0.25, -0.2) is 4.39 Å². The van der Waals surface area contributed by atoms with E-state index in [1.165, 1.54) is 0 Å². The number of H-pyrrole nitrogens is 1. The average molecular weight is 314 g/mol. The highest BCUT2D eigenvalue weighted by Gasteiger charge is 2.36. The number of aryl methyl sites for hydroxylation is 1. The third-order valence-electron chi connectivity index (χ3n) is 3.76. The fraction of sp³-hybridized carbons (Fsp3) is 0.615. The first-order valence-electron chi connectivity index (χ1n) is 6.88. The molecule has 114 valence electrons. The van der Waals surface area contributed by atoms with E-state index >= 15 is 0 Å². The molecule has 1 aliphatic rings. The number of likely N-dealkylation sites (tertiary alicyclic amines) is 1. The lowest BCUT2D eigenvalue weighted by Gasteiger charge is -2.19. The van der Waals surface area contributed by atoms with Gasteiger partial charge in [-0.05, 0) is 32.4 Å². The number of halogens is 2. The van der Waals surface area contributed by atoms with Gasteiger partial charge in [-0.3, -0.25) is 10.00 Å². The lowest BCUT2D eigenvalue weighted by molar-refractivity contribution is 0.134. The van der Waals surface area contributed by atoms with Crippen molar-refractivity contribution in [3.05, 3.63) is 11.0 Å². The van der Waals surface area contributed by atoms with Crippen molar-refractivity contribution in [2.24, 2.45) is 0 Å². The Balaban J connectivity index is 1.90. The molecule has 0 saturated carbocycles. The molecule has 6 nitrogen and oxygen atoms in total. The van der Waals surface area contributed by atoms with Gasteiger partial charge >= 0.3 is 0 Å². The second kappa shape index (κ2) is 5.38. The Bertz CT molecular complexity index is 661. The molecule has 0 aliphatic carbocycles. The minimum Gasteiger partial charge on any atom is -0.469 e. The first-order valence-corrected chi connectivity index (χ1v) is 7.26. The third-order valence-corrected chi connectivity index (χ3v) is 3.93. The van der Waals surface area contributed by atoms with E-state index in [1.54, 1.807) is 0 Å². The van der Waals surface area contributed by atoms with Crippen molar-refractivity contribution < 1.29 is 9.13 Å². The fourth-order valence-corrected chi connectivity index (χ4v) is 2.70. The van der Waals surface area contributed by atoms with Gasteiger partial charge in [-0.2, -0.15) is 15.1 Å². The van der Waals surface area contributed by atoms with Crippen LogP contribution in [-0.4, -0.2) is 56.5 Å². The molecular weight excluding hydrogens is 297 g/mol. The maximum Gasteiger partial charge on any atom is 0.229 e. The summed E-state index contributed by atoms with van der Waals surface area (Å²) in [6, 6.07) is 0.279. The molecule has 0 unspecified atom stereocenters. The highest BCUT2D eigenvalue weighted by Crippen LogP contribution is 2.29. The molecule has 3 heterocycles. The number of fused-ring (bicyclic) bond motifs is 1. The van der Waals surface area contributed by atoms with Gasteiger partial charge in [0.1, 0.15) is 11.5 Å². The minimum atomic E-state index is -1.05. The van der Waals surface area contributed by atoms with E-state index in [2.05, 4.69) is 20.2 Å². The fourth-order valence-electron chi connectivity index (χ4n) is 2.54. The van der Waals surface area contributed by atoms with Gasteiger partial charge in [-0.15, -0.1) is 0 Å². The molecule has 2 aromatic heterocycles. The van der Waals surface area contributed by atoms with Crippen LogP contribution in [0.4, 0.5) is 4.39 Å². The zero-order chi connectivity index (χ0) is 15.1. The number of nitrogens with one attached hydrogen (secondary N) is 1. The maximum atomic E-state index is 14.1. The van der Waals surface area contributed by atoms with Crippen molar-refractivity contribution in [3.8, 4) is 5.88 Å². The normalized spacial score (nSPS) is 23.3. The molecule has 2 aromatic rings. The van der Waals surface area contributed by atoms with E-state index < -0.39 is 12.3 Å². The van der Waals surface area contributed by atoms with Crippen LogP contribution in [0.5, 0.6) is 5.88 Å². The van der Waals surface area contributed by atoms with Crippen molar-refractivity contribution in [2.75, 3.05) is 13.1 Å². The second-order valence-corrected chi connectivity index (χ2v) is 5.89. The summed E-state index contributed by atoms with van der Waals surface area (Å²) >= 11 is 5.88. The summed E-state index contributed by atoms with van der Waals surface area (Å²) in [6.07, 6.45) is -1.61. The van der Waals surface area contributed by atoms with Crippen LogP contribution >= 0.6 is 11.6 Å². The molecule has 21 heavy (non-hydrogen) atoms. The number of ether oxygens (including phenoxy) is 1. The van der Waals surface area contributed by atoms with E-state index in [-0.39, 0.29) is 17.2 Å². The summed E-state index contributed by atoms with van der Waals surface area (Å²) in [4.78, 5) is 10.2. The third kappa shape index (κ3) is 2.67. The summed E-state index contributed by atoms with van der Waals surface area (Å²) in [5, 5.41) is 7.53. The van der Waals surface area contributed by atoms with Crippen LogP contribution in [0.25, 0.3) is 11.0 Å². The summed E-state index contributed by atoms with van der Waals surface area (Å²) in [7, 11) is 0. The largest absolute Gasteiger partial charge is 0.469 e. The second-order valence-electron chi connectivity index (χ2n) is 5.55. The van der Waals surface area contributed by atoms with Gasteiger partial charge in [0, 0.05) is 19.1 Å². The Morgan fingerprint density at radius 2 is 2.14 bits per heavy atom. The monoisotopic (exact) mass is 313 g/mol. The van der Waals surface area contributed by atoms with E-state index in [1.807, 2.05) is 25.7 Å². The number of hydrogen-bond donors (Lipinski definition) is 1. The summed E-state index contributed by atoms with van der Waals surface area (Å²) < 4.78 is 19.9. The molecule has 1 fully saturated rings. The Morgan fingerprint density at radius 3 is 2.81 bits per heavy atom. The molecule has 8 heteroatoms. The molecule has 0 radical (unpaired) electrons. The summed E-state index contributed by atoms with van der Waals surface area (Å²) in [5.41, 5.74) is 1.20. The smallest absolute Gasteiger partial charge is 0.229 e. The van der Waals surface area contributed by atoms with Crippen LogP contribution < -0.4 is 4.74 Å². The first kappa shape index (κ1) is 14.5. The highest BCUT2D eigenvalue weighted by atomic mass is 35.5. The van der Waals surface area contributed by atoms with Gasteiger partial charge in [0.2, 0.25) is 11.2 Å². The van der Waals surface area contributed by atoms with Gasteiger partial charge in [-0.1, -0.05) is 0 Å². The Morgan fingerprint density at radius 1 is 1.38 bits per heavy atom. The zero-order valence-electron chi connectivity index (χ0n) is 12.1. The molecule has 1 saturated heterocycles. The number of alkyl halides is 1. The minimum absolute atomic E-state index is 0.0512. The van der Waals surface area contributed by atoms with Crippen molar-refractivity contribution in [1.29, 1.82) is 0 Å². The van der Waals surface area contributed by atoms with Crippen molar-refractivity contribution in [2.45, 2.75) is 39.1 Å². The highest BCUT2D eigenvalue weighted by molar-refractivity contribution is 6.28. The quantitative estimate of drug-likeness (QED) is 0.879. The van der Waals surface area contributed by atoms with Crippen molar-refractivity contribution >= 4 is 22.6 Å². The van der Waals surface area contributed by atoms with Crippen molar-refractivity contribution in [1.82, 2.24) is 25.1 Å². The topological polar surface area (TPSA) is 66.9 Å². The average Bonchev–Trinajstić information content (AvgIpc) is 2.94. The van der Waals surface area contributed by atoms with E-state index in [0.29, 0.717) is 29.8 Å². The first-order chi connectivity index (χ1) is 9.95. The van der Waals surface area contributed by atoms with Crippen LogP contribution in [0.1, 0.15) is 19.5 Å². The number of aromatic amines is 1. The Hall–Kier alpha value is -1.47. The predicted molar refractivity (Wildman–Crippen MR) is 77.5 cm³/mol. The molecule has 2 atom stereocenters. The Kier molecular flexibility index (Phi) is 3.71. The standard InChI is InChI=1S/C13H17ClFN5O/c1-6(2)20-4-8(15)9(5-20)21-12-10-7(3)18-19-11(10)16-13(14)17-12/h6,8-9H,4-5H2,1-3H3,(H,16,17,18,19)/t8-,9+/m0/s1. The van der Waals surface area contributed by atoms with Crippen LogP contribution in [0.2, 0.25) is 5.28 Å². The van der Waals surface area contributed by atoms with Crippen LogP contribution in [0.15, 0.2) is 0 Å². The molecule has 0 bridgehead atoms. The lowest BCUT2D eigenvalue weighted by Crippen LogP contribution is -2.31. The van der Waals surface area contributed by atoms with Gasteiger partial charge in [0.15, 0.2) is 11.8 Å². The van der Waals surface area contributed by atoms with Gasteiger partial charge < -0.3 is 4.74 Å². The number of nitrogens with zero attached hydrogens (tertiary/aromatic N) is 4. The molecule has 0 aromatic carbocycles. The molecule has 0 spiro atoms. The van der Waals surface area contributed by atoms with Crippen molar-refractivity contribution in [3.63, 3.8) is 0 Å². The Labute approximate surface area is 126 Å². The molecular formula is C13H17ClFN5O. The molecule has 0 amide bonds. The van der Waals surface area contributed by atoms with Crippen LogP contribution in [0, 0.1) is 6.92 Å². The SMILES string of the molecule is Cc1n[nH]c2nc(Cl)nc(O[C@@H]3CN(C(C)C)C[C@@H]3F)c12. The summed E-state index contributed by atoms with van der Waals surface area (Å²) in [6.45, 7) is 6.78. The zero-order valence-corrected chi connectivity index (χ0v) is 12.9. The van der Waals surface area contributed by atoms with Crippen LogP contribution in [0.3, 0.4) is 0 Å². The molecule has 3 rings (SSSR count). The van der Waals surface area contributed by atoms with Crippen LogP contribution in [-0.2, 0) is 0 Å². The van der Waals surface area contributed by atoms with E-state index in [9.17, 15) is 4.39 Å². The van der Waals surface area contributed by atoms with Gasteiger partial charge in [0.25, 0.3) is 0 Å². The molecule has 1 N–H and O–H groups in total. The summed E-state index contributed by atoms with van der Waals surface area (Å²) in [5.74, 6) is 0.287. The van der Waals surface area contributed by atoms with Gasteiger partial charge in [0.05, 0.1) is 5.69 Å². The molecule has 1 aliphatic heterocycles. The predicted octanol–water partition coefficient (Wildman–Crippen LogP) is 2.12. The van der Waals surface area contributed by atoms with E-state index in [4.69, 9.17) is 16.3 Å². The van der Waals surface area contributed by atoms with E-state index in [0.717, 1.165) is 0 Å².